The minimum Gasteiger partial charge on any atom is -0.370 e. The number of carbonyl (C=O) groups excluding carboxylic acids is 2. The molecule has 0 aliphatic carbocycles. The van der Waals surface area contributed by atoms with E-state index in [1.54, 1.807) is 4.90 Å². The molecule has 3 N–H and O–H groups in total. The van der Waals surface area contributed by atoms with E-state index in [4.69, 9.17) is 5.73 Å². The van der Waals surface area contributed by atoms with Crippen molar-refractivity contribution in [1.82, 2.24) is 10.2 Å². The summed E-state index contributed by atoms with van der Waals surface area (Å²) in [5.74, 6) is -0.390. The summed E-state index contributed by atoms with van der Waals surface area (Å²) in [6.07, 6.45) is 0.388. The number of rotatable bonds is 3. The van der Waals surface area contributed by atoms with Crippen molar-refractivity contribution in [2.24, 2.45) is 5.73 Å². The molecule has 5 heteroatoms. The second kappa shape index (κ2) is 4.95. The Morgan fingerprint density at radius 2 is 2.21 bits per heavy atom. The van der Waals surface area contributed by atoms with E-state index in [1.165, 1.54) is 0 Å². The van der Waals surface area contributed by atoms with E-state index in [0.29, 0.717) is 6.04 Å². The van der Waals surface area contributed by atoms with Gasteiger partial charge in [0, 0.05) is 38.5 Å². The Morgan fingerprint density at radius 1 is 1.50 bits per heavy atom. The van der Waals surface area contributed by atoms with Gasteiger partial charge in [-0.05, 0) is 6.92 Å². The smallest absolute Gasteiger partial charge is 0.223 e. The van der Waals surface area contributed by atoms with Crippen molar-refractivity contribution in [3.05, 3.63) is 0 Å². The molecular weight excluding hydrogens is 182 g/mol. The summed E-state index contributed by atoms with van der Waals surface area (Å²) < 4.78 is 0. The molecule has 1 fully saturated rings. The molecule has 1 saturated heterocycles. The van der Waals surface area contributed by atoms with Gasteiger partial charge in [-0.3, -0.25) is 9.59 Å². The van der Waals surface area contributed by atoms with Gasteiger partial charge in [0.05, 0.1) is 0 Å². The maximum Gasteiger partial charge on any atom is 0.223 e. The molecule has 0 unspecified atom stereocenters. The van der Waals surface area contributed by atoms with E-state index in [1.807, 2.05) is 6.92 Å². The van der Waals surface area contributed by atoms with E-state index in [0.717, 1.165) is 19.6 Å². The maximum absolute atomic E-state index is 11.5. The number of hydrogen-bond donors (Lipinski definition) is 2. The number of nitrogens with two attached hydrogens (primary N) is 1. The average Bonchev–Trinajstić information content (AvgIpc) is 2.14. The zero-order valence-corrected chi connectivity index (χ0v) is 8.45. The summed E-state index contributed by atoms with van der Waals surface area (Å²) in [6.45, 7) is 4.30. The molecule has 0 saturated carbocycles. The zero-order valence-electron chi connectivity index (χ0n) is 8.45. The molecule has 0 radical (unpaired) electrons. The third kappa shape index (κ3) is 3.33. The summed E-state index contributed by atoms with van der Waals surface area (Å²) >= 11 is 0. The van der Waals surface area contributed by atoms with Gasteiger partial charge in [-0.1, -0.05) is 0 Å². The summed E-state index contributed by atoms with van der Waals surface area (Å²) in [4.78, 5) is 23.8. The third-order valence-electron chi connectivity index (χ3n) is 2.31. The molecule has 0 aromatic heterocycles. The highest BCUT2D eigenvalue weighted by Crippen LogP contribution is 2.02. The Bertz CT molecular complexity index is 230. The molecule has 2 amide bonds. The fourth-order valence-electron chi connectivity index (χ4n) is 1.55. The van der Waals surface area contributed by atoms with Gasteiger partial charge in [0.2, 0.25) is 11.8 Å². The van der Waals surface area contributed by atoms with Crippen molar-refractivity contribution >= 4 is 11.8 Å². The van der Waals surface area contributed by atoms with Crippen LogP contribution in [0.3, 0.4) is 0 Å². The van der Waals surface area contributed by atoms with Crippen LogP contribution in [0.5, 0.6) is 0 Å². The average molecular weight is 199 g/mol. The first-order valence-electron chi connectivity index (χ1n) is 4.89. The normalized spacial score (nSPS) is 22.1. The van der Waals surface area contributed by atoms with Gasteiger partial charge in [0.25, 0.3) is 0 Å². The lowest BCUT2D eigenvalue weighted by Gasteiger charge is -2.31. The first-order chi connectivity index (χ1) is 6.59. The van der Waals surface area contributed by atoms with Crippen molar-refractivity contribution < 1.29 is 9.59 Å². The zero-order chi connectivity index (χ0) is 10.6. The Kier molecular flexibility index (Phi) is 3.88. The Morgan fingerprint density at radius 3 is 2.79 bits per heavy atom. The standard InChI is InChI=1S/C9H17N3O2/c1-7-6-12(5-4-11-7)9(14)3-2-8(10)13/h7,11H,2-6H2,1H3,(H2,10,13)/t7-/m1/s1. The number of amides is 2. The third-order valence-corrected chi connectivity index (χ3v) is 2.31. The number of carbonyl (C=O) groups is 2. The van der Waals surface area contributed by atoms with Crippen LogP contribution in [-0.2, 0) is 9.59 Å². The minimum absolute atomic E-state index is 0.0251. The molecule has 1 aliphatic heterocycles. The van der Waals surface area contributed by atoms with E-state index < -0.39 is 5.91 Å². The molecule has 0 bridgehead atoms. The van der Waals surface area contributed by atoms with Crippen LogP contribution in [-0.4, -0.2) is 42.4 Å². The lowest BCUT2D eigenvalue weighted by Crippen LogP contribution is -2.51. The summed E-state index contributed by atoms with van der Waals surface area (Å²) in [7, 11) is 0. The first kappa shape index (κ1) is 11.0. The Hall–Kier alpha value is -1.10. The van der Waals surface area contributed by atoms with Gasteiger partial charge in [0.15, 0.2) is 0 Å². The highest BCUT2D eigenvalue weighted by atomic mass is 16.2. The second-order valence-corrected chi connectivity index (χ2v) is 3.66. The molecule has 1 heterocycles. The van der Waals surface area contributed by atoms with Gasteiger partial charge in [0.1, 0.15) is 0 Å². The quantitative estimate of drug-likeness (QED) is 0.616. The summed E-state index contributed by atoms with van der Waals surface area (Å²) in [5, 5.41) is 3.25. The molecule has 0 aromatic rings. The van der Waals surface area contributed by atoms with Gasteiger partial charge in [-0.2, -0.15) is 0 Å². The highest BCUT2D eigenvalue weighted by Gasteiger charge is 2.20. The topological polar surface area (TPSA) is 75.4 Å². The van der Waals surface area contributed by atoms with Crippen LogP contribution >= 0.6 is 0 Å². The molecule has 80 valence electrons. The predicted molar refractivity (Wildman–Crippen MR) is 52.5 cm³/mol. The maximum atomic E-state index is 11.5. The summed E-state index contributed by atoms with van der Waals surface area (Å²) in [5.41, 5.74) is 4.98. The lowest BCUT2D eigenvalue weighted by atomic mass is 10.2. The largest absolute Gasteiger partial charge is 0.370 e. The van der Waals surface area contributed by atoms with Crippen LogP contribution < -0.4 is 11.1 Å². The molecule has 0 spiro atoms. The minimum atomic E-state index is -0.415. The SMILES string of the molecule is C[C@@H]1CN(C(=O)CCC(N)=O)CCN1. The molecule has 1 atom stereocenters. The van der Waals surface area contributed by atoms with Gasteiger partial charge >= 0.3 is 0 Å². The fourth-order valence-corrected chi connectivity index (χ4v) is 1.55. The van der Waals surface area contributed by atoms with Crippen molar-refractivity contribution in [2.75, 3.05) is 19.6 Å². The Balaban J connectivity index is 2.32. The van der Waals surface area contributed by atoms with E-state index >= 15 is 0 Å². The molecule has 5 nitrogen and oxygen atoms in total. The van der Waals surface area contributed by atoms with Gasteiger partial charge in [-0.25, -0.2) is 0 Å². The number of piperazine rings is 1. The monoisotopic (exact) mass is 199 g/mol. The number of hydrogen-bond acceptors (Lipinski definition) is 3. The highest BCUT2D eigenvalue weighted by molar-refractivity contribution is 5.82. The van der Waals surface area contributed by atoms with Gasteiger partial charge in [-0.15, -0.1) is 0 Å². The van der Waals surface area contributed by atoms with E-state index in [2.05, 4.69) is 5.32 Å². The lowest BCUT2D eigenvalue weighted by molar-refractivity contribution is -0.134. The fraction of sp³-hybridized carbons (Fsp3) is 0.778. The first-order valence-corrected chi connectivity index (χ1v) is 4.89. The van der Waals surface area contributed by atoms with Crippen molar-refractivity contribution in [3.63, 3.8) is 0 Å². The Labute approximate surface area is 83.6 Å². The van der Waals surface area contributed by atoms with E-state index in [9.17, 15) is 9.59 Å². The van der Waals surface area contributed by atoms with Crippen molar-refractivity contribution in [2.45, 2.75) is 25.8 Å². The van der Waals surface area contributed by atoms with Crippen LogP contribution in [0.15, 0.2) is 0 Å². The molecule has 0 aromatic carbocycles. The van der Waals surface area contributed by atoms with Crippen LogP contribution in [0.4, 0.5) is 0 Å². The molecule has 14 heavy (non-hydrogen) atoms. The molecular formula is C9H17N3O2. The van der Waals surface area contributed by atoms with Crippen LogP contribution in [0.1, 0.15) is 19.8 Å². The van der Waals surface area contributed by atoms with Crippen LogP contribution in [0, 0.1) is 0 Å². The van der Waals surface area contributed by atoms with Gasteiger partial charge < -0.3 is 16.0 Å². The summed E-state index contributed by atoms with van der Waals surface area (Å²) in [6, 6.07) is 0.335. The molecule has 1 aliphatic rings. The number of primary amides is 1. The predicted octanol–water partition coefficient (Wildman–Crippen LogP) is -0.928. The number of nitrogens with one attached hydrogen (secondary N) is 1. The van der Waals surface area contributed by atoms with Crippen LogP contribution in [0.25, 0.3) is 0 Å². The second-order valence-electron chi connectivity index (χ2n) is 3.66. The van der Waals surface area contributed by atoms with E-state index in [-0.39, 0.29) is 18.7 Å². The number of nitrogens with zero attached hydrogens (tertiary/aromatic N) is 1. The molecule has 1 rings (SSSR count). The van der Waals surface area contributed by atoms with Crippen molar-refractivity contribution in [3.8, 4) is 0 Å². The van der Waals surface area contributed by atoms with Crippen LogP contribution in [0.2, 0.25) is 0 Å². The van der Waals surface area contributed by atoms with Crippen molar-refractivity contribution in [1.29, 1.82) is 0 Å².